The molecule has 0 bridgehead atoms. The van der Waals surface area contributed by atoms with E-state index in [1.54, 1.807) is 26.4 Å². The van der Waals surface area contributed by atoms with Crippen LogP contribution in [0.5, 0.6) is 11.5 Å². The van der Waals surface area contributed by atoms with Crippen LogP contribution in [0.4, 0.5) is 11.4 Å². The Balaban J connectivity index is 1.85. The number of aliphatic imine (C=N–C) groups is 1. The number of benzene rings is 2. The number of methoxy groups -OCH3 is 2. The summed E-state index contributed by atoms with van der Waals surface area (Å²) in [7, 11) is 3.14. The van der Waals surface area contributed by atoms with Crippen molar-refractivity contribution < 1.29 is 38.0 Å². The molecule has 0 aromatic heterocycles. The zero-order valence-corrected chi connectivity index (χ0v) is 27.0. The summed E-state index contributed by atoms with van der Waals surface area (Å²) in [4.78, 5) is 16.3. The SMILES string of the molecule is COc1cccc(OC)c1C(/C=C(\N)C=O)=Nc1ccc(NCCOCCOCCOCCOCCOCCN)cc1C(C)C. The smallest absolute Gasteiger partial charge is 0.165 e. The van der Waals surface area contributed by atoms with Gasteiger partial charge in [-0.1, -0.05) is 19.9 Å². The minimum atomic E-state index is 0.0343. The Hall–Kier alpha value is -3.52. The average molecular weight is 631 g/mol. The molecule has 0 atom stereocenters. The van der Waals surface area contributed by atoms with E-state index in [4.69, 9.17) is 49.6 Å². The van der Waals surface area contributed by atoms with Crippen LogP contribution in [0.15, 0.2) is 53.2 Å². The lowest BCUT2D eigenvalue weighted by Crippen LogP contribution is -2.15. The molecule has 0 heterocycles. The van der Waals surface area contributed by atoms with E-state index in [0.717, 1.165) is 16.9 Å². The van der Waals surface area contributed by atoms with Gasteiger partial charge in [-0.05, 0) is 47.9 Å². The highest BCUT2D eigenvalue weighted by atomic mass is 16.6. The molecular weight excluding hydrogens is 580 g/mol. The molecule has 12 heteroatoms. The van der Waals surface area contributed by atoms with Crippen molar-refractivity contribution in [3.63, 3.8) is 0 Å². The molecule has 0 fully saturated rings. The predicted molar refractivity (Wildman–Crippen MR) is 176 cm³/mol. The molecule has 2 aromatic carbocycles. The summed E-state index contributed by atoms with van der Waals surface area (Å²) < 4.78 is 38.5. The number of anilines is 1. The summed E-state index contributed by atoms with van der Waals surface area (Å²) in [5.74, 6) is 1.27. The Morgan fingerprint density at radius 1 is 0.822 bits per heavy atom. The summed E-state index contributed by atoms with van der Waals surface area (Å²) in [6.07, 6.45) is 2.11. The lowest BCUT2D eigenvalue weighted by atomic mass is 9.99. The van der Waals surface area contributed by atoms with Crippen molar-refractivity contribution >= 4 is 23.4 Å². The van der Waals surface area contributed by atoms with Gasteiger partial charge in [-0.25, -0.2) is 4.99 Å². The number of nitrogens with zero attached hydrogens (tertiary/aromatic N) is 1. The van der Waals surface area contributed by atoms with Crippen LogP contribution in [0, 0.1) is 0 Å². The van der Waals surface area contributed by atoms with Crippen LogP contribution >= 0.6 is 0 Å². The third kappa shape index (κ3) is 14.4. The summed E-state index contributed by atoms with van der Waals surface area (Å²) in [6.45, 7) is 10.5. The quantitative estimate of drug-likeness (QED) is 0.0639. The molecule has 2 aromatic rings. The second kappa shape index (κ2) is 22.9. The van der Waals surface area contributed by atoms with Gasteiger partial charge in [0.1, 0.15) is 11.5 Å². The van der Waals surface area contributed by atoms with Crippen molar-refractivity contribution in [2.75, 3.05) is 98.7 Å². The molecule has 0 unspecified atom stereocenters. The summed E-state index contributed by atoms with van der Waals surface area (Å²) in [6, 6.07) is 11.4. The van der Waals surface area contributed by atoms with Crippen LogP contribution in [-0.4, -0.2) is 105 Å². The largest absolute Gasteiger partial charge is 0.496 e. The first-order valence-electron chi connectivity index (χ1n) is 15.1. The van der Waals surface area contributed by atoms with Gasteiger partial charge in [0.2, 0.25) is 0 Å². The molecule has 250 valence electrons. The van der Waals surface area contributed by atoms with Crippen LogP contribution in [0.1, 0.15) is 30.9 Å². The highest BCUT2D eigenvalue weighted by molar-refractivity contribution is 6.15. The number of carbonyl (C=O) groups is 1. The predicted octanol–water partition coefficient (Wildman–Crippen LogP) is 3.44. The van der Waals surface area contributed by atoms with Crippen molar-refractivity contribution in [3.8, 4) is 11.5 Å². The molecule has 0 saturated carbocycles. The second-order valence-corrected chi connectivity index (χ2v) is 10.0. The first-order chi connectivity index (χ1) is 21.9. The van der Waals surface area contributed by atoms with Gasteiger partial charge in [0.25, 0.3) is 0 Å². The molecule has 0 aliphatic heterocycles. The summed E-state index contributed by atoms with van der Waals surface area (Å²) >= 11 is 0. The number of nitrogens with two attached hydrogens (primary N) is 2. The molecule has 2 rings (SSSR count). The summed E-state index contributed by atoms with van der Waals surface area (Å²) in [5.41, 5.74) is 15.1. The topological polar surface area (TPSA) is 158 Å². The lowest BCUT2D eigenvalue weighted by molar-refractivity contribution is -0.104. The van der Waals surface area contributed by atoms with Crippen molar-refractivity contribution in [1.82, 2.24) is 0 Å². The molecule has 0 aliphatic carbocycles. The van der Waals surface area contributed by atoms with Gasteiger partial charge in [0, 0.05) is 18.8 Å². The molecule has 12 nitrogen and oxygen atoms in total. The van der Waals surface area contributed by atoms with E-state index in [2.05, 4.69) is 25.2 Å². The highest BCUT2D eigenvalue weighted by Crippen LogP contribution is 2.34. The normalized spacial score (nSPS) is 12.0. The average Bonchev–Trinajstić information content (AvgIpc) is 3.05. The van der Waals surface area contributed by atoms with Crippen LogP contribution < -0.4 is 26.3 Å². The van der Waals surface area contributed by atoms with E-state index in [1.807, 2.05) is 18.2 Å². The van der Waals surface area contributed by atoms with E-state index >= 15 is 0 Å². The van der Waals surface area contributed by atoms with Crippen molar-refractivity contribution in [2.45, 2.75) is 19.8 Å². The van der Waals surface area contributed by atoms with Crippen LogP contribution in [0.25, 0.3) is 0 Å². The van der Waals surface area contributed by atoms with Gasteiger partial charge in [-0.3, -0.25) is 4.79 Å². The molecular formula is C33H50N4O8. The first kappa shape index (κ1) is 37.7. The van der Waals surface area contributed by atoms with Crippen molar-refractivity contribution in [3.05, 3.63) is 59.3 Å². The standard InChI is InChI=1S/C33H50N4O8/c1-25(2)28-23-27(36-11-13-42-15-17-44-19-21-45-20-18-43-16-14-41-12-10-34)8-9-29(28)37-30(22-26(35)24-38)33-31(39-3)6-5-7-32(33)40-4/h5-9,22-25,36H,10-21,34-35H2,1-4H3/b26-22-,37-30?. The Bertz CT molecular complexity index is 1170. The van der Waals surface area contributed by atoms with Crippen molar-refractivity contribution in [1.29, 1.82) is 0 Å². The summed E-state index contributed by atoms with van der Waals surface area (Å²) in [5, 5.41) is 3.40. The fourth-order valence-corrected chi connectivity index (χ4v) is 4.15. The Labute approximate surface area is 267 Å². The minimum Gasteiger partial charge on any atom is -0.496 e. The van der Waals surface area contributed by atoms with Gasteiger partial charge < -0.3 is 49.9 Å². The minimum absolute atomic E-state index is 0.0343. The van der Waals surface area contributed by atoms with E-state index in [1.165, 1.54) is 6.08 Å². The van der Waals surface area contributed by atoms with Gasteiger partial charge in [0.05, 0.1) is 103 Å². The first-order valence-corrected chi connectivity index (χ1v) is 15.1. The molecule has 0 spiro atoms. The number of allylic oxidation sites excluding steroid dienone is 2. The van der Waals surface area contributed by atoms with Gasteiger partial charge >= 0.3 is 0 Å². The fourth-order valence-electron chi connectivity index (χ4n) is 4.15. The van der Waals surface area contributed by atoms with Crippen LogP contribution in [0.2, 0.25) is 0 Å². The number of hydrogen-bond acceptors (Lipinski definition) is 12. The highest BCUT2D eigenvalue weighted by Gasteiger charge is 2.17. The van der Waals surface area contributed by atoms with Gasteiger partial charge in [0.15, 0.2) is 6.29 Å². The maximum Gasteiger partial charge on any atom is 0.165 e. The van der Waals surface area contributed by atoms with E-state index in [0.29, 0.717) is 108 Å². The maximum absolute atomic E-state index is 11.4. The number of hydrogen-bond donors (Lipinski definition) is 3. The molecule has 0 aliphatic rings. The fraction of sp³-hybridized carbons (Fsp3) is 0.515. The third-order valence-corrected chi connectivity index (χ3v) is 6.34. The van der Waals surface area contributed by atoms with Crippen LogP contribution in [0.3, 0.4) is 0 Å². The van der Waals surface area contributed by atoms with Crippen LogP contribution in [-0.2, 0) is 28.5 Å². The lowest BCUT2D eigenvalue weighted by Gasteiger charge is -2.16. The second-order valence-electron chi connectivity index (χ2n) is 10.0. The Morgan fingerprint density at radius 3 is 1.84 bits per heavy atom. The number of aldehydes is 1. The Morgan fingerprint density at radius 2 is 1.36 bits per heavy atom. The monoisotopic (exact) mass is 630 g/mol. The maximum atomic E-state index is 11.4. The number of rotatable bonds is 25. The molecule has 5 N–H and O–H groups in total. The van der Waals surface area contributed by atoms with E-state index < -0.39 is 0 Å². The zero-order valence-electron chi connectivity index (χ0n) is 27.0. The number of ether oxygens (including phenoxy) is 7. The molecule has 0 amide bonds. The van der Waals surface area contributed by atoms with E-state index in [9.17, 15) is 4.79 Å². The van der Waals surface area contributed by atoms with Gasteiger partial charge in [-0.15, -0.1) is 0 Å². The van der Waals surface area contributed by atoms with Gasteiger partial charge in [-0.2, -0.15) is 0 Å². The molecule has 45 heavy (non-hydrogen) atoms. The van der Waals surface area contributed by atoms with Crippen molar-refractivity contribution in [2.24, 2.45) is 16.5 Å². The number of nitrogens with one attached hydrogen (secondary N) is 1. The molecule has 0 radical (unpaired) electrons. The Kier molecular flexibility index (Phi) is 19.2. The number of carbonyl (C=O) groups excluding carboxylic acids is 1. The third-order valence-electron chi connectivity index (χ3n) is 6.34. The molecule has 0 saturated heterocycles. The zero-order chi connectivity index (χ0) is 32.7. The van der Waals surface area contributed by atoms with E-state index in [-0.39, 0.29) is 11.6 Å².